The molecular weight excluding hydrogens is 361 g/mol. The largest absolute Gasteiger partial charge is 0.416 e. The van der Waals surface area contributed by atoms with Crippen molar-refractivity contribution in [3.05, 3.63) is 34.3 Å². The van der Waals surface area contributed by atoms with Crippen LogP contribution < -0.4 is 5.32 Å². The van der Waals surface area contributed by atoms with E-state index in [0.29, 0.717) is 18.2 Å². The van der Waals surface area contributed by atoms with Crippen molar-refractivity contribution in [3.8, 4) is 0 Å². The Morgan fingerprint density at radius 2 is 1.77 bits per heavy atom. The quantitative estimate of drug-likeness (QED) is 0.734. The lowest BCUT2D eigenvalue weighted by atomic mass is 9.64. The predicted octanol–water partition coefficient (Wildman–Crippen LogP) is 5.35. The Kier molecular flexibility index (Phi) is 5.37. The van der Waals surface area contributed by atoms with Gasteiger partial charge in [-0.3, -0.25) is 4.90 Å². The van der Waals surface area contributed by atoms with Crippen molar-refractivity contribution >= 4 is 11.6 Å². The van der Waals surface area contributed by atoms with Gasteiger partial charge in [-0.05, 0) is 73.5 Å². The van der Waals surface area contributed by atoms with Gasteiger partial charge in [0.05, 0.1) is 5.56 Å². The molecule has 2 heterocycles. The topological polar surface area (TPSA) is 15.3 Å². The molecule has 26 heavy (non-hydrogen) atoms. The zero-order chi connectivity index (χ0) is 19.2. The van der Waals surface area contributed by atoms with Crippen LogP contribution in [0.5, 0.6) is 0 Å². The Labute approximate surface area is 159 Å². The zero-order valence-electron chi connectivity index (χ0n) is 15.7. The highest BCUT2D eigenvalue weighted by molar-refractivity contribution is 6.30. The zero-order valence-corrected chi connectivity index (χ0v) is 16.5. The van der Waals surface area contributed by atoms with Crippen molar-refractivity contribution in [1.82, 2.24) is 10.2 Å². The molecule has 0 bridgehead atoms. The summed E-state index contributed by atoms with van der Waals surface area (Å²) < 4.78 is 39.4. The van der Waals surface area contributed by atoms with Crippen molar-refractivity contribution in [3.63, 3.8) is 0 Å². The third kappa shape index (κ3) is 4.05. The highest BCUT2D eigenvalue weighted by atomic mass is 35.5. The summed E-state index contributed by atoms with van der Waals surface area (Å²) >= 11 is 5.98. The first kappa shape index (κ1) is 20.0. The number of rotatable bonds is 2. The van der Waals surface area contributed by atoms with Crippen LogP contribution in [0, 0.1) is 10.8 Å². The van der Waals surface area contributed by atoms with Crippen LogP contribution in [0.2, 0.25) is 5.02 Å². The second-order valence-corrected chi connectivity index (χ2v) is 9.38. The number of piperidine rings is 1. The molecule has 2 nitrogen and oxygen atoms in total. The third-order valence-corrected chi connectivity index (χ3v) is 6.15. The maximum Gasteiger partial charge on any atom is 0.416 e. The van der Waals surface area contributed by atoms with Gasteiger partial charge in [0, 0.05) is 17.6 Å². The van der Waals surface area contributed by atoms with Crippen LogP contribution in [0.25, 0.3) is 0 Å². The normalized spacial score (nSPS) is 24.3. The summed E-state index contributed by atoms with van der Waals surface area (Å²) in [6.45, 7) is 10.2. The highest BCUT2D eigenvalue weighted by Gasteiger charge is 2.52. The minimum atomic E-state index is -4.37. The monoisotopic (exact) mass is 388 g/mol. The molecule has 0 saturated carbocycles. The molecule has 2 saturated heterocycles. The van der Waals surface area contributed by atoms with Gasteiger partial charge < -0.3 is 5.32 Å². The molecule has 1 unspecified atom stereocenters. The molecule has 0 radical (unpaired) electrons. The standard InChI is InChI=1S/C20H28ClF3N2/c1-18(2,3)17-19(4-7-25-8-5-19)6-9-26(17)13-14-10-15(20(22,23)24)12-16(21)11-14/h10-12,17,25H,4-9,13H2,1-3H3. The molecule has 1 atom stereocenters. The van der Waals surface area contributed by atoms with Crippen molar-refractivity contribution < 1.29 is 13.2 Å². The Morgan fingerprint density at radius 3 is 2.35 bits per heavy atom. The molecule has 2 fully saturated rings. The third-order valence-electron chi connectivity index (χ3n) is 5.93. The van der Waals surface area contributed by atoms with E-state index in [1.165, 1.54) is 6.07 Å². The van der Waals surface area contributed by atoms with E-state index in [2.05, 4.69) is 31.0 Å². The van der Waals surface area contributed by atoms with E-state index in [-0.39, 0.29) is 15.9 Å². The average Bonchev–Trinajstić information content (AvgIpc) is 2.84. The van der Waals surface area contributed by atoms with Gasteiger partial charge >= 0.3 is 6.18 Å². The van der Waals surface area contributed by atoms with Crippen molar-refractivity contribution in [2.45, 2.75) is 58.8 Å². The number of nitrogens with zero attached hydrogens (tertiary/aromatic N) is 1. The van der Waals surface area contributed by atoms with Gasteiger partial charge in [-0.2, -0.15) is 13.2 Å². The average molecular weight is 389 g/mol. The van der Waals surface area contributed by atoms with Gasteiger partial charge in [-0.1, -0.05) is 32.4 Å². The molecule has 2 aliphatic heterocycles. The summed E-state index contributed by atoms with van der Waals surface area (Å²) in [5.74, 6) is 0. The lowest BCUT2D eigenvalue weighted by Gasteiger charge is -2.48. The lowest BCUT2D eigenvalue weighted by molar-refractivity contribution is -0.137. The van der Waals surface area contributed by atoms with E-state index in [1.54, 1.807) is 6.07 Å². The molecule has 1 aromatic rings. The fourth-order valence-corrected chi connectivity index (χ4v) is 5.50. The minimum absolute atomic E-state index is 0.0687. The molecular formula is C20H28ClF3N2. The summed E-state index contributed by atoms with van der Waals surface area (Å²) in [5, 5.41) is 3.59. The molecule has 1 aromatic carbocycles. The first-order chi connectivity index (χ1) is 12.0. The van der Waals surface area contributed by atoms with Crippen LogP contribution >= 0.6 is 11.6 Å². The van der Waals surface area contributed by atoms with Crippen LogP contribution in [0.3, 0.4) is 0 Å². The van der Waals surface area contributed by atoms with E-state index in [0.717, 1.165) is 45.0 Å². The van der Waals surface area contributed by atoms with Crippen LogP contribution in [0.15, 0.2) is 18.2 Å². The van der Waals surface area contributed by atoms with Crippen LogP contribution in [-0.4, -0.2) is 30.6 Å². The number of nitrogens with one attached hydrogen (secondary N) is 1. The Balaban J connectivity index is 1.88. The maximum absolute atomic E-state index is 13.1. The SMILES string of the molecule is CC(C)(C)C1N(Cc2cc(Cl)cc(C(F)(F)F)c2)CCC12CCNCC2. The van der Waals surface area contributed by atoms with Crippen molar-refractivity contribution in [2.24, 2.45) is 10.8 Å². The van der Waals surface area contributed by atoms with E-state index >= 15 is 0 Å². The smallest absolute Gasteiger partial charge is 0.317 e. The summed E-state index contributed by atoms with van der Waals surface area (Å²) in [4.78, 5) is 2.39. The van der Waals surface area contributed by atoms with E-state index in [1.807, 2.05) is 0 Å². The predicted molar refractivity (Wildman–Crippen MR) is 99.3 cm³/mol. The van der Waals surface area contributed by atoms with Gasteiger partial charge in [0.15, 0.2) is 0 Å². The Hall–Kier alpha value is -0.780. The molecule has 2 aliphatic rings. The van der Waals surface area contributed by atoms with Crippen LogP contribution in [0.4, 0.5) is 13.2 Å². The molecule has 0 amide bonds. The van der Waals surface area contributed by atoms with E-state index < -0.39 is 11.7 Å². The van der Waals surface area contributed by atoms with Gasteiger partial charge in [-0.25, -0.2) is 0 Å². The highest BCUT2D eigenvalue weighted by Crippen LogP contribution is 2.51. The molecule has 0 aliphatic carbocycles. The van der Waals surface area contributed by atoms with Gasteiger partial charge in [0.25, 0.3) is 0 Å². The van der Waals surface area contributed by atoms with E-state index in [9.17, 15) is 13.2 Å². The maximum atomic E-state index is 13.1. The first-order valence-electron chi connectivity index (χ1n) is 9.33. The van der Waals surface area contributed by atoms with Crippen LogP contribution in [-0.2, 0) is 12.7 Å². The van der Waals surface area contributed by atoms with Crippen molar-refractivity contribution in [2.75, 3.05) is 19.6 Å². The Bertz CT molecular complexity index is 645. The number of hydrogen-bond acceptors (Lipinski definition) is 2. The molecule has 1 spiro atoms. The van der Waals surface area contributed by atoms with Gasteiger partial charge in [0.2, 0.25) is 0 Å². The summed E-state index contributed by atoms with van der Waals surface area (Å²) in [6, 6.07) is 4.28. The van der Waals surface area contributed by atoms with Crippen LogP contribution in [0.1, 0.15) is 51.2 Å². The number of alkyl halides is 3. The lowest BCUT2D eigenvalue weighted by Crippen LogP contribution is -2.51. The molecule has 1 N–H and O–H groups in total. The number of hydrogen-bond donors (Lipinski definition) is 1. The fourth-order valence-electron chi connectivity index (χ4n) is 5.24. The van der Waals surface area contributed by atoms with Gasteiger partial charge in [0.1, 0.15) is 0 Å². The number of halogens is 4. The second-order valence-electron chi connectivity index (χ2n) is 8.95. The summed E-state index contributed by atoms with van der Waals surface area (Å²) in [6.07, 6.45) is -0.989. The minimum Gasteiger partial charge on any atom is -0.317 e. The summed E-state index contributed by atoms with van der Waals surface area (Å²) in [5.41, 5.74) is 0.307. The fraction of sp³-hybridized carbons (Fsp3) is 0.700. The molecule has 3 rings (SSSR count). The Morgan fingerprint density at radius 1 is 1.12 bits per heavy atom. The molecule has 6 heteroatoms. The first-order valence-corrected chi connectivity index (χ1v) is 9.71. The molecule has 0 aromatic heterocycles. The van der Waals surface area contributed by atoms with E-state index in [4.69, 9.17) is 11.6 Å². The summed E-state index contributed by atoms with van der Waals surface area (Å²) in [7, 11) is 0. The van der Waals surface area contributed by atoms with Gasteiger partial charge in [-0.15, -0.1) is 0 Å². The molecule has 146 valence electrons. The van der Waals surface area contributed by atoms with Crippen molar-refractivity contribution in [1.29, 1.82) is 0 Å². The number of likely N-dealkylation sites (tertiary alicyclic amines) is 1. The second kappa shape index (κ2) is 6.99. The number of benzene rings is 1.